The lowest BCUT2D eigenvalue weighted by Gasteiger charge is -2.37. The summed E-state index contributed by atoms with van der Waals surface area (Å²) < 4.78 is 0. The molecular formula is C86H142N30O20S. The molecule has 2 saturated heterocycles. The van der Waals surface area contributed by atoms with Gasteiger partial charge in [0.05, 0.1) is 37.2 Å². The molecule has 2 aromatic heterocycles. The molecule has 50 nitrogen and oxygen atoms in total. The van der Waals surface area contributed by atoms with E-state index in [4.69, 9.17) is 40.1 Å². The van der Waals surface area contributed by atoms with Crippen LogP contribution in [0.4, 0.5) is 0 Å². The van der Waals surface area contributed by atoms with Crippen LogP contribution >= 0.6 is 11.8 Å². The highest BCUT2D eigenvalue weighted by atomic mass is 32.2. The van der Waals surface area contributed by atoms with Crippen molar-refractivity contribution in [3.63, 3.8) is 0 Å². The number of para-hydroxylation sites is 1. The SMILES string of the molecule is CSCC[C@H](NC(=O)[C@H](CC(C)C)NC(=O)[C@H](Cc1c[nH]cn1)NC(=O)CNC(=O)[C@@H](NC(=O)[C@H](C)NC(=O)[C@H](Cc1c[nH]c2ccccc12)NC(=O)[C@H](CCC(N)=O)NC(=O)[C@H](CC(N)=O)NC(=O)CNC(=O)[C@H](CC(C)C)NC(=O)[C@H](CCCCNC(=O)CCCC(=O)N[C@@]1(CN)CNCCNC[C@](N)(CN)NCCN1)NC(=O)[C@H](CCC(N)=O)NC(=O)[C@@H]1CCC(=O)N1)C(C)C)C(N)=O. The van der Waals surface area contributed by atoms with Crippen molar-refractivity contribution in [3.05, 3.63) is 54.2 Å². The zero-order chi connectivity index (χ0) is 102. The van der Waals surface area contributed by atoms with Gasteiger partial charge in [-0.25, -0.2) is 4.98 Å². The topological polar surface area (TPSA) is 809 Å². The molecule has 0 aliphatic carbocycles. The average Bonchev–Trinajstić information content (AvgIpc) is 1.55. The van der Waals surface area contributed by atoms with Gasteiger partial charge in [-0.05, 0) is 113 Å². The van der Waals surface area contributed by atoms with Crippen LogP contribution in [-0.4, -0.2) is 301 Å². The maximum atomic E-state index is 14.7. The Kier molecular flexibility index (Phi) is 49.3. The number of carbonyl (C=O) groups is 20. The van der Waals surface area contributed by atoms with Crippen LogP contribution in [0, 0.1) is 17.8 Å². The summed E-state index contributed by atoms with van der Waals surface area (Å²) in [5.74, 6) is -18.1. The van der Waals surface area contributed by atoms with Crippen LogP contribution in [0.1, 0.15) is 162 Å². The predicted molar refractivity (Wildman–Crippen MR) is 503 cm³/mol. The number of unbranched alkanes of at least 4 members (excludes halogenated alkanes) is 1. The number of carbonyl (C=O) groups excluding carboxylic acids is 20. The van der Waals surface area contributed by atoms with Crippen LogP contribution in [0.25, 0.3) is 10.9 Å². The molecule has 4 heterocycles. The largest absolute Gasteiger partial charge is 0.370 e. The summed E-state index contributed by atoms with van der Waals surface area (Å²) in [6.45, 7) is 12.5. The number of primary amides is 4. The summed E-state index contributed by atoms with van der Waals surface area (Å²) in [7, 11) is 0. The molecular weight excluding hydrogens is 1810 g/mol. The number of amides is 20. The van der Waals surface area contributed by atoms with Crippen molar-refractivity contribution in [3.8, 4) is 0 Å². The van der Waals surface area contributed by atoms with Crippen LogP contribution in [0.15, 0.2) is 43.0 Å². The Bertz CT molecular complexity index is 4600. The Balaban J connectivity index is 1.28. The van der Waals surface area contributed by atoms with Gasteiger partial charge in [-0.3, -0.25) is 107 Å². The zero-order valence-corrected chi connectivity index (χ0v) is 79.8. The van der Waals surface area contributed by atoms with Gasteiger partial charge in [-0.2, -0.15) is 11.8 Å². The van der Waals surface area contributed by atoms with Gasteiger partial charge >= 0.3 is 0 Å². The molecule has 762 valence electrons. The average molecular weight is 1950 g/mol. The second-order valence-corrected chi connectivity index (χ2v) is 36.3. The molecule has 3 aromatic rings. The Morgan fingerprint density at radius 3 is 1.60 bits per heavy atom. The molecule has 1 aromatic carbocycles. The second-order valence-electron chi connectivity index (χ2n) is 35.3. The van der Waals surface area contributed by atoms with Gasteiger partial charge in [0.25, 0.3) is 0 Å². The van der Waals surface area contributed by atoms with Crippen molar-refractivity contribution in [2.24, 2.45) is 57.9 Å². The Morgan fingerprint density at radius 1 is 0.496 bits per heavy atom. The monoisotopic (exact) mass is 1950 g/mol. The number of hydrogen-bond donors (Lipinski definition) is 29. The summed E-state index contributed by atoms with van der Waals surface area (Å²) in [5, 5.41) is 54.6. The standard InChI is InChI=1S/C86H142N30O20S/c1-46(2)32-59(112-76(128)55(109-78(130)57(19-22-64(89)117)110-77(129)56-21-24-68(121)105-56)16-11-12-26-97-67(120)17-13-18-69(122)116-86(42-88)44-95-28-27-94-43-85(93,41-87)102-29-30-103-86)75(127)99-39-70(123)107-63(36-66(91)119)83(135)111-58(20-23-65(90)118)79(131)114-61(34-50-37-98-53-15-10-9-14-52(50)53)80(132)104-49(7)74(126)115-72(48(5)6)84(136)100-40-71(124)106-62(35-51-38-96-45-101-51)82(134)113-60(33-47(3)4)81(133)108-54(73(92)125)25-31-137-8/h9-10,14-15,37-38,45-49,54-63,72,94-95,98,102-103H,11-13,16-36,39-44,87-88,93H2,1-8H3,(H2,89,117)(H2,90,118)(H2,91,119)(H2,92,125)(H,96,101)(H,97,120)(H,99,127)(H,100,136)(H,104,132)(H,105,121)(H,106,124)(H,107,123)(H,108,133)(H,109,130)(H,110,129)(H,111,135)(H,112,128)(H,113,134)(H,114,131)(H,115,126)(H,116,122)/t49-,54-,55-,56-,57-,58-,59-,60-,61-,62-,63-,72-,85-,86-/m0/s1. The van der Waals surface area contributed by atoms with Crippen molar-refractivity contribution in [2.45, 2.75) is 248 Å². The van der Waals surface area contributed by atoms with E-state index in [1.807, 2.05) is 20.1 Å². The molecule has 0 radical (unpaired) electrons. The minimum atomic E-state index is -1.93. The van der Waals surface area contributed by atoms with Crippen LogP contribution in [0.2, 0.25) is 0 Å². The number of thioether (sulfide) groups is 1. The summed E-state index contributed by atoms with van der Waals surface area (Å²) in [5.41, 5.74) is 40.2. The number of hydrogen-bond acceptors (Lipinski definition) is 29. The fourth-order valence-corrected chi connectivity index (χ4v) is 15.2. The highest BCUT2D eigenvalue weighted by Crippen LogP contribution is 2.21. The van der Waals surface area contributed by atoms with E-state index in [0.717, 1.165) is 0 Å². The van der Waals surface area contributed by atoms with Gasteiger partial charge < -0.3 is 146 Å². The lowest BCUT2D eigenvalue weighted by Crippen LogP contribution is -2.70. The minimum Gasteiger partial charge on any atom is -0.370 e. The third kappa shape index (κ3) is 41.9. The van der Waals surface area contributed by atoms with Crippen molar-refractivity contribution in [2.75, 3.05) is 84.0 Å². The first kappa shape index (κ1) is 115. The molecule has 0 saturated carbocycles. The second kappa shape index (κ2) is 58.8. The molecule has 0 bridgehead atoms. The third-order valence-electron chi connectivity index (χ3n) is 22.3. The van der Waals surface area contributed by atoms with Crippen LogP contribution in [-0.2, 0) is 109 Å². The van der Waals surface area contributed by atoms with Crippen molar-refractivity contribution in [1.82, 2.24) is 121 Å². The highest BCUT2D eigenvalue weighted by Gasteiger charge is 2.40. The van der Waals surface area contributed by atoms with E-state index in [2.05, 4.69) is 121 Å². The van der Waals surface area contributed by atoms with Gasteiger partial charge in [0.2, 0.25) is 118 Å². The van der Waals surface area contributed by atoms with E-state index in [1.165, 1.54) is 31.2 Å². The fraction of sp³-hybridized carbons (Fsp3) is 0.640. The van der Waals surface area contributed by atoms with Crippen molar-refractivity contribution < 1.29 is 95.9 Å². The molecule has 0 unspecified atom stereocenters. The van der Waals surface area contributed by atoms with E-state index in [-0.39, 0.29) is 134 Å². The van der Waals surface area contributed by atoms with E-state index in [1.54, 1.807) is 58.2 Å². The minimum absolute atomic E-state index is 0.0159. The number of aromatic amines is 2. The smallest absolute Gasteiger partial charge is 0.243 e. The fourth-order valence-electron chi connectivity index (χ4n) is 14.7. The summed E-state index contributed by atoms with van der Waals surface area (Å²) in [4.78, 5) is 282. The number of benzene rings is 1. The highest BCUT2D eigenvalue weighted by molar-refractivity contribution is 7.98. The summed E-state index contributed by atoms with van der Waals surface area (Å²) in [6, 6.07) is -10.5. The normalized spacial score (nSPS) is 18.1. The number of rotatable bonds is 59. The van der Waals surface area contributed by atoms with E-state index < -0.39 is 241 Å². The Labute approximate surface area is 798 Å². The van der Waals surface area contributed by atoms with Crippen LogP contribution < -0.4 is 146 Å². The number of imidazole rings is 1. The summed E-state index contributed by atoms with van der Waals surface area (Å²) in [6.07, 6.45) is 3.37. The van der Waals surface area contributed by atoms with E-state index in [9.17, 15) is 95.9 Å². The molecule has 14 atom stereocenters. The molecule has 20 amide bonds. The first-order valence-electron chi connectivity index (χ1n) is 45.9. The molecule has 0 spiro atoms. The number of nitrogens with one attached hydrogen (secondary N) is 22. The molecule has 5 rings (SSSR count). The number of nitrogens with zero attached hydrogens (tertiary/aromatic N) is 1. The van der Waals surface area contributed by atoms with Crippen LogP contribution in [0.5, 0.6) is 0 Å². The number of aromatic nitrogens is 3. The summed E-state index contributed by atoms with van der Waals surface area (Å²) >= 11 is 1.43. The quantitative estimate of drug-likeness (QED) is 0.0233. The molecule has 2 fully saturated rings. The first-order valence-corrected chi connectivity index (χ1v) is 47.3. The van der Waals surface area contributed by atoms with E-state index in [0.29, 0.717) is 60.6 Å². The van der Waals surface area contributed by atoms with Crippen molar-refractivity contribution in [1.29, 1.82) is 0 Å². The third-order valence-corrected chi connectivity index (χ3v) is 23.0. The van der Waals surface area contributed by atoms with Gasteiger partial charge in [-0.1, -0.05) is 59.7 Å². The van der Waals surface area contributed by atoms with Gasteiger partial charge in [0.1, 0.15) is 78.2 Å². The molecule has 2 aliphatic rings. The Hall–Kier alpha value is -12.6. The Morgan fingerprint density at radius 2 is 1.03 bits per heavy atom. The van der Waals surface area contributed by atoms with Gasteiger partial charge in [-0.15, -0.1) is 0 Å². The lowest BCUT2D eigenvalue weighted by atomic mass is 10.0. The maximum absolute atomic E-state index is 14.7. The van der Waals surface area contributed by atoms with E-state index >= 15 is 0 Å². The predicted octanol–water partition coefficient (Wildman–Crippen LogP) is -9.85. The maximum Gasteiger partial charge on any atom is 0.243 e. The zero-order valence-electron chi connectivity index (χ0n) is 79.0. The van der Waals surface area contributed by atoms with Crippen molar-refractivity contribution >= 4 is 141 Å². The number of H-pyrrole nitrogens is 2. The van der Waals surface area contributed by atoms with Crippen LogP contribution in [0.3, 0.4) is 0 Å². The molecule has 36 N–H and O–H groups in total. The van der Waals surface area contributed by atoms with Gasteiger partial charge in [0.15, 0.2) is 0 Å². The first-order chi connectivity index (χ1) is 64.9. The number of fused-ring (bicyclic) bond motifs is 1. The van der Waals surface area contributed by atoms with Gasteiger partial charge in [0, 0.05) is 127 Å². The molecule has 137 heavy (non-hydrogen) atoms. The molecule has 2 aliphatic heterocycles. The number of nitrogens with two attached hydrogens (primary N) is 7. The molecule has 51 heteroatoms. The lowest BCUT2D eigenvalue weighted by molar-refractivity contribution is -0.136.